The van der Waals surface area contributed by atoms with E-state index in [0.717, 1.165) is 44.9 Å². The summed E-state index contributed by atoms with van der Waals surface area (Å²) in [7, 11) is 1.32. The second-order valence-electron chi connectivity index (χ2n) is 24.2. The quantitative estimate of drug-likeness (QED) is 0.0272. The van der Waals surface area contributed by atoms with E-state index >= 15 is 0 Å². The van der Waals surface area contributed by atoms with E-state index in [2.05, 4.69) is 43.5 Å². The number of hydrogen-bond donors (Lipinski definition) is 2. The summed E-state index contributed by atoms with van der Waals surface area (Å²) in [5.41, 5.74) is 0. The van der Waals surface area contributed by atoms with Crippen molar-refractivity contribution in [3.05, 3.63) is 24.3 Å². The summed E-state index contributed by atoms with van der Waals surface area (Å²) in [6, 6.07) is -0.799. The number of hydrogen-bond acceptors (Lipinski definition) is 6. The van der Waals surface area contributed by atoms with Crippen LogP contribution in [0, 0.1) is 0 Å². The van der Waals surface area contributed by atoms with Crippen LogP contribution in [-0.2, 0) is 18.4 Å². The van der Waals surface area contributed by atoms with E-state index in [0.29, 0.717) is 23.9 Å². The number of unbranched alkanes of at least 4 members (excludes halogenated alkanes) is 45. The molecule has 0 spiro atoms. The summed E-state index contributed by atoms with van der Waals surface area (Å²) in [4.78, 5) is 25.6. The molecule has 9 heteroatoms. The number of amides is 1. The number of phosphoric ester groups is 1. The third kappa shape index (κ3) is 60.5. The number of nitrogens with zero attached hydrogens (tertiary/aromatic N) is 1. The minimum Gasteiger partial charge on any atom is -0.756 e. The van der Waals surface area contributed by atoms with Crippen molar-refractivity contribution in [3.63, 3.8) is 0 Å². The molecular formula is C66H131N2O6P. The Kier molecular flexibility index (Phi) is 56.9. The summed E-state index contributed by atoms with van der Waals surface area (Å²) in [6.07, 6.45) is 73.9. The number of allylic oxidation sites excluding steroid dienone is 4. The lowest BCUT2D eigenvalue weighted by atomic mass is 10.0. The summed E-state index contributed by atoms with van der Waals surface area (Å²) in [5, 5.41) is 14.1. The van der Waals surface area contributed by atoms with Gasteiger partial charge in [-0.1, -0.05) is 314 Å². The van der Waals surface area contributed by atoms with E-state index in [1.165, 1.54) is 270 Å². The van der Waals surface area contributed by atoms with Crippen LogP contribution in [0.2, 0.25) is 0 Å². The van der Waals surface area contributed by atoms with E-state index in [-0.39, 0.29) is 19.1 Å². The minimum absolute atomic E-state index is 0.0145. The highest BCUT2D eigenvalue weighted by molar-refractivity contribution is 7.45. The highest BCUT2D eigenvalue weighted by Gasteiger charge is 2.24. The maximum Gasteiger partial charge on any atom is 0.268 e. The van der Waals surface area contributed by atoms with Crippen LogP contribution < -0.4 is 10.2 Å². The summed E-state index contributed by atoms with van der Waals surface area (Å²) in [5.74, 6) is -0.158. The Morgan fingerprint density at radius 3 is 1.11 bits per heavy atom. The number of carbonyl (C=O) groups excluding carboxylic acids is 1. The van der Waals surface area contributed by atoms with Crippen molar-refractivity contribution < 1.29 is 32.9 Å². The zero-order chi connectivity index (χ0) is 54.9. The SMILES string of the molecule is CCCCCCCCCCCCC/C=C\C/C=C\CCCCCCCCCCCCCCCCCCCC(=O)NC(COP(=O)([O-])OCC[N+](C)(C)C)C(O)CCCCCCCCCCCCCCCCCCCC. The van der Waals surface area contributed by atoms with Gasteiger partial charge in [0.25, 0.3) is 7.82 Å². The van der Waals surface area contributed by atoms with Gasteiger partial charge in [0.2, 0.25) is 5.91 Å². The Morgan fingerprint density at radius 1 is 0.467 bits per heavy atom. The number of aliphatic hydroxyl groups excluding tert-OH is 1. The van der Waals surface area contributed by atoms with Crippen molar-refractivity contribution in [2.24, 2.45) is 0 Å². The molecule has 0 aromatic heterocycles. The molecule has 0 saturated heterocycles. The Hall–Kier alpha value is -1.02. The fraction of sp³-hybridized carbons (Fsp3) is 0.924. The average Bonchev–Trinajstić information content (AvgIpc) is 3.37. The molecule has 3 unspecified atom stereocenters. The van der Waals surface area contributed by atoms with Crippen LogP contribution in [-0.4, -0.2) is 68.5 Å². The van der Waals surface area contributed by atoms with Gasteiger partial charge in [0, 0.05) is 6.42 Å². The van der Waals surface area contributed by atoms with Crippen molar-refractivity contribution >= 4 is 13.7 Å². The molecule has 446 valence electrons. The van der Waals surface area contributed by atoms with Crippen molar-refractivity contribution in [3.8, 4) is 0 Å². The number of aliphatic hydroxyl groups is 1. The molecule has 75 heavy (non-hydrogen) atoms. The number of phosphoric acid groups is 1. The van der Waals surface area contributed by atoms with Crippen LogP contribution in [0.4, 0.5) is 0 Å². The van der Waals surface area contributed by atoms with Crippen LogP contribution >= 0.6 is 7.82 Å². The van der Waals surface area contributed by atoms with Crippen molar-refractivity contribution in [1.82, 2.24) is 5.32 Å². The number of likely N-dealkylation sites (N-methyl/N-ethyl adjacent to an activating group) is 1. The first-order valence-corrected chi connectivity index (χ1v) is 34.6. The van der Waals surface area contributed by atoms with E-state index in [9.17, 15) is 19.4 Å². The summed E-state index contributed by atoms with van der Waals surface area (Å²) in [6.45, 7) is 4.77. The molecule has 3 atom stereocenters. The first-order chi connectivity index (χ1) is 36.5. The highest BCUT2D eigenvalue weighted by Crippen LogP contribution is 2.38. The van der Waals surface area contributed by atoms with Gasteiger partial charge in [-0.25, -0.2) is 0 Å². The van der Waals surface area contributed by atoms with Crippen LogP contribution in [0.25, 0.3) is 0 Å². The van der Waals surface area contributed by atoms with Crippen LogP contribution in [0.1, 0.15) is 341 Å². The highest BCUT2D eigenvalue weighted by atomic mass is 31.2. The second kappa shape index (κ2) is 57.7. The zero-order valence-corrected chi connectivity index (χ0v) is 51.9. The van der Waals surface area contributed by atoms with Gasteiger partial charge in [0.1, 0.15) is 13.2 Å². The molecule has 0 aromatic rings. The van der Waals surface area contributed by atoms with Gasteiger partial charge in [0.05, 0.1) is 39.9 Å². The Bertz CT molecular complexity index is 1270. The fourth-order valence-corrected chi connectivity index (χ4v) is 11.0. The van der Waals surface area contributed by atoms with Gasteiger partial charge in [-0.3, -0.25) is 9.36 Å². The monoisotopic (exact) mass is 1080 g/mol. The number of carbonyl (C=O) groups is 1. The number of rotatable bonds is 62. The first-order valence-electron chi connectivity index (χ1n) is 33.2. The molecule has 0 fully saturated rings. The molecule has 0 aliphatic heterocycles. The Labute approximate surface area is 468 Å². The molecule has 0 saturated carbocycles. The van der Waals surface area contributed by atoms with Gasteiger partial charge in [-0.05, 0) is 44.9 Å². The van der Waals surface area contributed by atoms with Gasteiger partial charge in [0.15, 0.2) is 0 Å². The Balaban J connectivity index is 3.97. The minimum atomic E-state index is -4.57. The Morgan fingerprint density at radius 2 is 0.773 bits per heavy atom. The molecule has 0 aliphatic rings. The fourth-order valence-electron chi connectivity index (χ4n) is 10.3. The maximum absolute atomic E-state index is 13.0. The van der Waals surface area contributed by atoms with Crippen molar-refractivity contribution in [2.45, 2.75) is 353 Å². The molecule has 0 bridgehead atoms. The average molecular weight is 1080 g/mol. The molecule has 1 amide bonds. The van der Waals surface area contributed by atoms with E-state index in [4.69, 9.17) is 9.05 Å². The van der Waals surface area contributed by atoms with Crippen molar-refractivity contribution in [2.75, 3.05) is 40.9 Å². The number of nitrogens with one attached hydrogen (secondary N) is 1. The smallest absolute Gasteiger partial charge is 0.268 e. The molecule has 8 nitrogen and oxygen atoms in total. The largest absolute Gasteiger partial charge is 0.756 e. The van der Waals surface area contributed by atoms with Crippen LogP contribution in [0.15, 0.2) is 24.3 Å². The van der Waals surface area contributed by atoms with Gasteiger partial charge in [-0.15, -0.1) is 0 Å². The maximum atomic E-state index is 13.0. The molecule has 0 aromatic carbocycles. The third-order valence-corrected chi connectivity index (χ3v) is 16.4. The predicted molar refractivity (Wildman–Crippen MR) is 325 cm³/mol. The lowest BCUT2D eigenvalue weighted by Gasteiger charge is -2.30. The molecule has 2 N–H and O–H groups in total. The topological polar surface area (TPSA) is 108 Å². The summed E-state index contributed by atoms with van der Waals surface area (Å²) >= 11 is 0. The van der Waals surface area contributed by atoms with Gasteiger partial charge < -0.3 is 28.8 Å². The van der Waals surface area contributed by atoms with E-state index in [1.807, 2.05) is 21.1 Å². The van der Waals surface area contributed by atoms with Crippen molar-refractivity contribution in [1.29, 1.82) is 0 Å². The molecular weight excluding hydrogens is 948 g/mol. The first kappa shape index (κ1) is 74.0. The standard InChI is InChI=1S/C66H131N2O6P/c1-6-8-10-12-14-16-18-20-22-24-26-27-28-29-30-31-32-33-34-35-36-37-38-39-40-41-42-44-46-48-50-52-54-56-58-60-66(70)67-64(63-74-75(71,72)73-62-61-68(3,4)5)65(69)59-57-55-53-51-49-47-45-43-25-23-21-19-17-15-13-11-9-7-2/h28-29,31-32,64-65,69H,6-27,30,33-63H2,1-5H3,(H-,67,70,71,72)/b29-28-,32-31-. The molecule has 0 heterocycles. The van der Waals surface area contributed by atoms with Crippen LogP contribution in [0.5, 0.6) is 0 Å². The summed E-state index contributed by atoms with van der Waals surface area (Å²) < 4.78 is 23.5. The van der Waals surface area contributed by atoms with E-state index < -0.39 is 20.0 Å². The van der Waals surface area contributed by atoms with Crippen LogP contribution in [0.3, 0.4) is 0 Å². The molecule has 0 rings (SSSR count). The lowest BCUT2D eigenvalue weighted by Crippen LogP contribution is -2.46. The van der Waals surface area contributed by atoms with E-state index in [1.54, 1.807) is 0 Å². The molecule has 0 radical (unpaired) electrons. The zero-order valence-electron chi connectivity index (χ0n) is 51.0. The predicted octanol–water partition coefficient (Wildman–Crippen LogP) is 20.1. The van der Waals surface area contributed by atoms with Gasteiger partial charge >= 0.3 is 0 Å². The normalized spacial score (nSPS) is 13.9. The third-order valence-electron chi connectivity index (χ3n) is 15.4. The van der Waals surface area contributed by atoms with Gasteiger partial charge in [-0.2, -0.15) is 0 Å². The lowest BCUT2D eigenvalue weighted by molar-refractivity contribution is -0.870. The molecule has 0 aliphatic carbocycles. The number of quaternary nitrogens is 1. The second-order valence-corrected chi connectivity index (χ2v) is 25.6.